The predicted molar refractivity (Wildman–Crippen MR) is 109 cm³/mol. The highest BCUT2D eigenvalue weighted by atomic mass is 79.9. The first-order valence-corrected chi connectivity index (χ1v) is 10.6. The third-order valence-corrected chi connectivity index (χ3v) is 6.47. The van der Waals surface area contributed by atoms with Gasteiger partial charge in [-0.25, -0.2) is 12.7 Å². The molecule has 2 aromatic rings. The quantitative estimate of drug-likeness (QED) is 0.615. The summed E-state index contributed by atoms with van der Waals surface area (Å²) in [5.41, 5.74) is 0.130. The van der Waals surface area contributed by atoms with E-state index in [1.807, 2.05) is 24.3 Å². The van der Waals surface area contributed by atoms with Gasteiger partial charge in [-0.1, -0.05) is 27.5 Å². The van der Waals surface area contributed by atoms with Gasteiger partial charge in [-0.2, -0.15) is 0 Å². The molecule has 0 bridgehead atoms. The number of amides is 1. The van der Waals surface area contributed by atoms with E-state index in [9.17, 15) is 13.2 Å². The molecule has 2 aromatic carbocycles. The molecule has 27 heavy (non-hydrogen) atoms. The number of rotatable bonds is 7. The van der Waals surface area contributed by atoms with Gasteiger partial charge in [0.25, 0.3) is 5.91 Å². The lowest BCUT2D eigenvalue weighted by Gasteiger charge is -2.19. The van der Waals surface area contributed by atoms with Crippen molar-refractivity contribution in [3.05, 3.63) is 57.5 Å². The van der Waals surface area contributed by atoms with Crippen molar-refractivity contribution in [3.63, 3.8) is 0 Å². The summed E-state index contributed by atoms with van der Waals surface area (Å²) in [5, 5.41) is 0.193. The normalized spacial score (nSPS) is 11.5. The molecule has 0 N–H and O–H groups in total. The molecule has 0 atom stereocenters. The van der Waals surface area contributed by atoms with Gasteiger partial charge >= 0.3 is 0 Å². The van der Waals surface area contributed by atoms with Gasteiger partial charge in [0.1, 0.15) is 12.4 Å². The summed E-state index contributed by atoms with van der Waals surface area (Å²) in [7, 11) is 0.807. The number of carbonyl (C=O) groups excluding carboxylic acids is 1. The Balaban J connectivity index is 2.08. The van der Waals surface area contributed by atoms with Gasteiger partial charge < -0.3 is 9.64 Å². The fourth-order valence-electron chi connectivity index (χ4n) is 2.18. The maximum atomic E-state index is 12.7. The molecule has 2 rings (SSSR count). The van der Waals surface area contributed by atoms with Crippen LogP contribution in [-0.2, 0) is 10.0 Å². The molecule has 9 heteroatoms. The Morgan fingerprint density at radius 3 is 2.33 bits per heavy atom. The van der Waals surface area contributed by atoms with Crippen molar-refractivity contribution in [3.8, 4) is 5.75 Å². The van der Waals surface area contributed by atoms with Gasteiger partial charge in [0, 0.05) is 25.6 Å². The molecule has 6 nitrogen and oxygen atoms in total. The van der Waals surface area contributed by atoms with E-state index in [1.165, 1.54) is 37.2 Å². The van der Waals surface area contributed by atoms with Crippen LogP contribution in [0.2, 0.25) is 5.02 Å². The zero-order valence-electron chi connectivity index (χ0n) is 15.1. The molecular weight excluding hydrogens is 456 g/mol. The fraction of sp³-hybridized carbons (Fsp3) is 0.278. The second-order valence-electron chi connectivity index (χ2n) is 5.96. The minimum atomic E-state index is -3.66. The van der Waals surface area contributed by atoms with Crippen LogP contribution in [0.5, 0.6) is 5.75 Å². The van der Waals surface area contributed by atoms with Crippen molar-refractivity contribution in [1.29, 1.82) is 0 Å². The van der Waals surface area contributed by atoms with Crippen LogP contribution >= 0.6 is 27.5 Å². The Hall–Kier alpha value is -1.61. The number of hydrogen-bond donors (Lipinski definition) is 0. The van der Waals surface area contributed by atoms with Crippen LogP contribution in [0.25, 0.3) is 0 Å². The Morgan fingerprint density at radius 2 is 1.74 bits per heavy atom. The van der Waals surface area contributed by atoms with Crippen LogP contribution in [0.4, 0.5) is 0 Å². The number of carbonyl (C=O) groups is 1. The molecule has 0 aliphatic rings. The van der Waals surface area contributed by atoms with Crippen LogP contribution in [0.3, 0.4) is 0 Å². The van der Waals surface area contributed by atoms with Gasteiger partial charge in [0.15, 0.2) is 0 Å². The number of hydrogen-bond acceptors (Lipinski definition) is 4. The summed E-state index contributed by atoms with van der Waals surface area (Å²) < 4.78 is 32.2. The summed E-state index contributed by atoms with van der Waals surface area (Å²) in [4.78, 5) is 14.1. The molecule has 0 aliphatic carbocycles. The van der Waals surface area contributed by atoms with Crippen molar-refractivity contribution < 1.29 is 17.9 Å². The standard InChI is InChI=1S/C18H20BrClN2O4S/c1-21(2)27(24,25)15-8-9-17(20)16(12-15)18(23)22(3)10-11-26-14-6-4-13(19)5-7-14/h4-9,12H,10-11H2,1-3H3. The van der Waals surface area contributed by atoms with Gasteiger partial charge in [0.2, 0.25) is 10.0 Å². The molecule has 146 valence electrons. The molecule has 0 fully saturated rings. The monoisotopic (exact) mass is 474 g/mol. The first-order chi connectivity index (χ1) is 12.6. The molecule has 0 saturated heterocycles. The molecule has 0 spiro atoms. The Kier molecular flexibility index (Phi) is 7.27. The average molecular weight is 476 g/mol. The first kappa shape index (κ1) is 21.7. The summed E-state index contributed by atoms with van der Waals surface area (Å²) in [5.74, 6) is 0.311. The number of sulfonamides is 1. The second kappa shape index (κ2) is 9.05. The second-order valence-corrected chi connectivity index (χ2v) is 9.43. The number of likely N-dealkylation sites (N-methyl/N-ethyl adjacent to an activating group) is 1. The minimum Gasteiger partial charge on any atom is -0.492 e. The van der Waals surface area contributed by atoms with Crippen LogP contribution in [0, 0.1) is 0 Å². The third kappa shape index (κ3) is 5.44. The molecule has 0 heterocycles. The van der Waals surface area contributed by atoms with E-state index < -0.39 is 10.0 Å². The van der Waals surface area contributed by atoms with Crippen molar-refractivity contribution in [1.82, 2.24) is 9.21 Å². The lowest BCUT2D eigenvalue weighted by Crippen LogP contribution is -2.31. The van der Waals surface area contributed by atoms with Crippen molar-refractivity contribution in [2.24, 2.45) is 0 Å². The minimum absolute atomic E-state index is 0.0137. The fourth-order valence-corrected chi connectivity index (χ4v) is 3.57. The summed E-state index contributed by atoms with van der Waals surface area (Å²) in [6.45, 7) is 0.604. The van der Waals surface area contributed by atoms with Gasteiger partial charge in [0.05, 0.1) is 22.0 Å². The van der Waals surface area contributed by atoms with Crippen LogP contribution < -0.4 is 4.74 Å². The molecule has 1 amide bonds. The van der Waals surface area contributed by atoms with E-state index in [0.29, 0.717) is 12.3 Å². The Morgan fingerprint density at radius 1 is 1.11 bits per heavy atom. The summed E-state index contributed by atoms with van der Waals surface area (Å²) in [6, 6.07) is 11.5. The predicted octanol–water partition coefficient (Wildman–Crippen LogP) is 3.50. The number of ether oxygens (including phenoxy) is 1. The van der Waals surface area contributed by atoms with Gasteiger partial charge in [-0.3, -0.25) is 4.79 Å². The highest BCUT2D eigenvalue weighted by Crippen LogP contribution is 2.23. The van der Waals surface area contributed by atoms with Crippen LogP contribution in [0.1, 0.15) is 10.4 Å². The zero-order chi connectivity index (χ0) is 20.2. The Bertz CT molecular complexity index is 917. The highest BCUT2D eigenvalue weighted by molar-refractivity contribution is 9.10. The molecule has 0 unspecified atom stereocenters. The smallest absolute Gasteiger partial charge is 0.255 e. The third-order valence-electron chi connectivity index (χ3n) is 3.80. The van der Waals surface area contributed by atoms with E-state index in [0.717, 1.165) is 8.78 Å². The zero-order valence-corrected chi connectivity index (χ0v) is 18.3. The SMILES string of the molecule is CN(CCOc1ccc(Br)cc1)C(=O)c1cc(S(=O)(=O)N(C)C)ccc1Cl. The van der Waals surface area contributed by atoms with Crippen molar-refractivity contribution in [2.45, 2.75) is 4.90 Å². The summed E-state index contributed by atoms with van der Waals surface area (Å²) >= 11 is 9.47. The maximum Gasteiger partial charge on any atom is 0.255 e. The average Bonchev–Trinajstić information content (AvgIpc) is 2.62. The van der Waals surface area contributed by atoms with Gasteiger partial charge in [-0.05, 0) is 42.5 Å². The van der Waals surface area contributed by atoms with Crippen LogP contribution in [-0.4, -0.2) is 57.8 Å². The van der Waals surface area contributed by atoms with Crippen molar-refractivity contribution in [2.75, 3.05) is 34.3 Å². The van der Waals surface area contributed by atoms with E-state index >= 15 is 0 Å². The van der Waals surface area contributed by atoms with E-state index in [4.69, 9.17) is 16.3 Å². The van der Waals surface area contributed by atoms with E-state index in [-0.39, 0.29) is 28.0 Å². The van der Waals surface area contributed by atoms with E-state index in [1.54, 1.807) is 7.05 Å². The number of nitrogens with zero attached hydrogens (tertiary/aromatic N) is 2. The molecule has 0 radical (unpaired) electrons. The number of benzene rings is 2. The topological polar surface area (TPSA) is 66.9 Å². The lowest BCUT2D eigenvalue weighted by atomic mass is 10.2. The van der Waals surface area contributed by atoms with Crippen LogP contribution in [0.15, 0.2) is 51.8 Å². The van der Waals surface area contributed by atoms with E-state index in [2.05, 4.69) is 15.9 Å². The molecule has 0 saturated carbocycles. The Labute approximate surface area is 172 Å². The molecule has 0 aromatic heterocycles. The molecule has 0 aliphatic heterocycles. The molecular formula is C18H20BrClN2O4S. The number of halogens is 2. The van der Waals surface area contributed by atoms with Crippen molar-refractivity contribution >= 4 is 43.5 Å². The largest absolute Gasteiger partial charge is 0.492 e. The lowest BCUT2D eigenvalue weighted by molar-refractivity contribution is 0.0773. The van der Waals surface area contributed by atoms with Gasteiger partial charge in [-0.15, -0.1) is 0 Å². The summed E-state index contributed by atoms with van der Waals surface area (Å²) in [6.07, 6.45) is 0. The first-order valence-electron chi connectivity index (χ1n) is 7.99. The highest BCUT2D eigenvalue weighted by Gasteiger charge is 2.22. The maximum absolute atomic E-state index is 12.7.